The number of allylic oxidation sites excluding steroid dienone is 1. The lowest BCUT2D eigenvalue weighted by Crippen LogP contribution is -2.31. The third kappa shape index (κ3) is 4.88. The van der Waals surface area contributed by atoms with E-state index in [1.54, 1.807) is 31.0 Å². The van der Waals surface area contributed by atoms with E-state index in [0.717, 1.165) is 11.1 Å². The number of carbonyl (C=O) groups excluding carboxylic acids is 1. The summed E-state index contributed by atoms with van der Waals surface area (Å²) in [5.74, 6) is 1.84. The molecule has 9 nitrogen and oxygen atoms in total. The lowest BCUT2D eigenvalue weighted by atomic mass is 9.94. The molecule has 1 aliphatic heterocycles. The Kier molecular flexibility index (Phi) is 7.19. The predicted molar refractivity (Wildman–Crippen MR) is 145 cm³/mol. The van der Waals surface area contributed by atoms with Crippen LogP contribution < -0.4 is 24.8 Å². The van der Waals surface area contributed by atoms with Crippen LogP contribution in [-0.2, 0) is 11.4 Å². The number of methoxy groups -OCH3 is 2. The number of para-hydroxylation sites is 2. The molecule has 10 heteroatoms. The van der Waals surface area contributed by atoms with Gasteiger partial charge in [-0.2, -0.15) is 10.1 Å². The molecule has 194 valence electrons. The number of halogens is 1. The molecule has 5 rings (SSSR count). The van der Waals surface area contributed by atoms with E-state index in [0.29, 0.717) is 45.2 Å². The first-order chi connectivity index (χ1) is 18.5. The first-order valence-corrected chi connectivity index (χ1v) is 12.2. The number of hydrogen-bond donors (Lipinski definition) is 2. The lowest BCUT2D eigenvalue weighted by molar-refractivity contribution is -0.113. The SMILES string of the molecule is COc1ccccc1NC(=O)C1=C(C)Nc2ncnn2[C@@H]1c1ccc(OCc2ccccc2Cl)c(OC)c1. The quantitative estimate of drug-likeness (QED) is 0.311. The van der Waals surface area contributed by atoms with Crippen molar-refractivity contribution in [3.8, 4) is 17.2 Å². The second kappa shape index (κ2) is 10.9. The van der Waals surface area contributed by atoms with Crippen molar-refractivity contribution in [3.63, 3.8) is 0 Å². The van der Waals surface area contributed by atoms with Gasteiger partial charge in [0.15, 0.2) is 11.5 Å². The summed E-state index contributed by atoms with van der Waals surface area (Å²) < 4.78 is 18.8. The molecule has 0 saturated heterocycles. The summed E-state index contributed by atoms with van der Waals surface area (Å²) in [5.41, 5.74) is 3.32. The predicted octanol–water partition coefficient (Wildman–Crippen LogP) is 5.46. The van der Waals surface area contributed by atoms with Crippen LogP contribution in [0.3, 0.4) is 0 Å². The Morgan fingerprint density at radius 1 is 1.03 bits per heavy atom. The number of anilines is 2. The zero-order chi connectivity index (χ0) is 26.6. The lowest BCUT2D eigenvalue weighted by Gasteiger charge is -2.29. The van der Waals surface area contributed by atoms with E-state index in [4.69, 9.17) is 25.8 Å². The van der Waals surface area contributed by atoms with Gasteiger partial charge in [-0.15, -0.1) is 0 Å². The molecule has 4 aromatic rings. The summed E-state index contributed by atoms with van der Waals surface area (Å²) >= 11 is 6.28. The second-order valence-corrected chi connectivity index (χ2v) is 8.95. The molecule has 0 radical (unpaired) electrons. The second-order valence-electron chi connectivity index (χ2n) is 8.54. The summed E-state index contributed by atoms with van der Waals surface area (Å²) in [6, 6.07) is 19.7. The van der Waals surface area contributed by atoms with Crippen LogP contribution in [0.15, 0.2) is 84.3 Å². The van der Waals surface area contributed by atoms with Gasteiger partial charge in [0.2, 0.25) is 5.95 Å². The molecule has 0 aliphatic carbocycles. The van der Waals surface area contributed by atoms with Gasteiger partial charge in [-0.05, 0) is 42.8 Å². The number of ether oxygens (including phenoxy) is 3. The first kappa shape index (κ1) is 25.2. The Balaban J connectivity index is 1.49. The number of nitrogens with one attached hydrogen (secondary N) is 2. The molecule has 1 atom stereocenters. The van der Waals surface area contributed by atoms with E-state index in [1.165, 1.54) is 6.33 Å². The van der Waals surface area contributed by atoms with Gasteiger partial charge < -0.3 is 24.8 Å². The molecule has 0 saturated carbocycles. The van der Waals surface area contributed by atoms with E-state index in [2.05, 4.69) is 20.7 Å². The van der Waals surface area contributed by atoms with Crippen LogP contribution in [0.4, 0.5) is 11.6 Å². The number of hydrogen-bond acceptors (Lipinski definition) is 7. The maximum Gasteiger partial charge on any atom is 0.255 e. The number of aromatic nitrogens is 3. The maximum atomic E-state index is 13.7. The Labute approximate surface area is 225 Å². The molecule has 38 heavy (non-hydrogen) atoms. The van der Waals surface area contributed by atoms with Gasteiger partial charge in [0.25, 0.3) is 5.91 Å². The summed E-state index contributed by atoms with van der Waals surface area (Å²) in [5, 5.41) is 11.2. The van der Waals surface area contributed by atoms with Gasteiger partial charge in [0, 0.05) is 16.3 Å². The molecular weight excluding hydrogens is 506 g/mol. The average Bonchev–Trinajstić information content (AvgIpc) is 3.40. The molecule has 1 amide bonds. The van der Waals surface area contributed by atoms with Crippen molar-refractivity contribution < 1.29 is 19.0 Å². The monoisotopic (exact) mass is 531 g/mol. The Morgan fingerprint density at radius 2 is 1.79 bits per heavy atom. The van der Waals surface area contributed by atoms with Crippen molar-refractivity contribution >= 4 is 29.1 Å². The van der Waals surface area contributed by atoms with E-state index in [1.807, 2.05) is 61.5 Å². The molecule has 0 bridgehead atoms. The number of nitrogens with zero attached hydrogens (tertiary/aromatic N) is 3. The maximum absolute atomic E-state index is 13.7. The highest BCUT2D eigenvalue weighted by Gasteiger charge is 2.34. The van der Waals surface area contributed by atoms with Gasteiger partial charge in [0.1, 0.15) is 24.7 Å². The summed E-state index contributed by atoms with van der Waals surface area (Å²) in [6.07, 6.45) is 1.45. The Hall–Kier alpha value is -4.50. The van der Waals surface area contributed by atoms with Crippen molar-refractivity contribution in [2.75, 3.05) is 24.9 Å². The van der Waals surface area contributed by atoms with Crippen molar-refractivity contribution in [1.29, 1.82) is 0 Å². The van der Waals surface area contributed by atoms with Crippen LogP contribution in [0.1, 0.15) is 24.1 Å². The largest absolute Gasteiger partial charge is 0.495 e. The number of benzene rings is 3. The zero-order valence-electron chi connectivity index (χ0n) is 21.1. The Morgan fingerprint density at radius 3 is 2.58 bits per heavy atom. The smallest absolute Gasteiger partial charge is 0.255 e. The number of amides is 1. The summed E-state index contributed by atoms with van der Waals surface area (Å²) in [4.78, 5) is 18.0. The minimum atomic E-state index is -0.574. The van der Waals surface area contributed by atoms with Crippen LogP contribution in [-0.4, -0.2) is 34.9 Å². The summed E-state index contributed by atoms with van der Waals surface area (Å²) in [6.45, 7) is 2.11. The van der Waals surface area contributed by atoms with Crippen LogP contribution in [0.2, 0.25) is 5.02 Å². The fourth-order valence-electron chi connectivity index (χ4n) is 4.38. The molecule has 1 aromatic heterocycles. The van der Waals surface area contributed by atoms with Gasteiger partial charge in [-0.3, -0.25) is 4.79 Å². The fraction of sp³-hybridized carbons (Fsp3) is 0.179. The number of fused-ring (bicyclic) bond motifs is 1. The third-order valence-electron chi connectivity index (χ3n) is 6.24. The topological polar surface area (TPSA) is 99.5 Å². The van der Waals surface area contributed by atoms with E-state index in [9.17, 15) is 4.79 Å². The molecule has 2 heterocycles. The van der Waals surface area contributed by atoms with Crippen LogP contribution >= 0.6 is 11.6 Å². The third-order valence-corrected chi connectivity index (χ3v) is 6.61. The minimum Gasteiger partial charge on any atom is -0.495 e. The zero-order valence-corrected chi connectivity index (χ0v) is 21.8. The molecule has 1 aliphatic rings. The van der Waals surface area contributed by atoms with Gasteiger partial charge in [-0.1, -0.05) is 48.0 Å². The summed E-state index contributed by atoms with van der Waals surface area (Å²) in [7, 11) is 3.13. The van der Waals surface area contributed by atoms with Crippen molar-refractivity contribution in [2.45, 2.75) is 19.6 Å². The van der Waals surface area contributed by atoms with Gasteiger partial charge in [-0.25, -0.2) is 4.68 Å². The number of rotatable bonds is 8. The average molecular weight is 532 g/mol. The van der Waals surface area contributed by atoms with E-state index >= 15 is 0 Å². The highest BCUT2D eigenvalue weighted by atomic mass is 35.5. The normalized spacial score (nSPS) is 14.4. The molecule has 0 spiro atoms. The van der Waals surface area contributed by atoms with Crippen LogP contribution in [0, 0.1) is 0 Å². The highest BCUT2D eigenvalue weighted by Crippen LogP contribution is 2.39. The van der Waals surface area contributed by atoms with E-state index in [-0.39, 0.29) is 12.5 Å². The first-order valence-electron chi connectivity index (χ1n) is 11.9. The van der Waals surface area contributed by atoms with Crippen molar-refractivity contribution in [3.05, 3.63) is 100 Å². The van der Waals surface area contributed by atoms with Crippen LogP contribution in [0.5, 0.6) is 17.2 Å². The standard InChI is InChI=1S/C28H26ClN5O4/c1-17-25(27(35)33-21-10-6-7-11-22(21)36-2)26(34-28(32-17)30-16-31-34)18-12-13-23(24(14-18)37-3)38-15-19-8-4-5-9-20(19)29/h4-14,16,26H,15H2,1-3H3,(H,33,35)(H,30,31,32)/t26-/m1/s1. The van der Waals surface area contributed by atoms with Gasteiger partial charge in [0.05, 0.1) is 25.5 Å². The van der Waals surface area contributed by atoms with E-state index < -0.39 is 6.04 Å². The molecule has 3 aromatic carbocycles. The van der Waals surface area contributed by atoms with Crippen molar-refractivity contribution in [1.82, 2.24) is 14.8 Å². The fourth-order valence-corrected chi connectivity index (χ4v) is 4.57. The molecule has 0 fully saturated rings. The Bertz CT molecular complexity index is 1520. The highest BCUT2D eigenvalue weighted by molar-refractivity contribution is 6.31. The molecule has 2 N–H and O–H groups in total. The van der Waals surface area contributed by atoms with Gasteiger partial charge >= 0.3 is 0 Å². The molecular formula is C28H26ClN5O4. The molecule has 0 unspecified atom stereocenters. The number of carbonyl (C=O) groups is 1. The van der Waals surface area contributed by atoms with Crippen molar-refractivity contribution in [2.24, 2.45) is 0 Å². The minimum absolute atomic E-state index is 0.279. The van der Waals surface area contributed by atoms with Crippen LogP contribution in [0.25, 0.3) is 0 Å².